The molecule has 1 aromatic heterocycles. The van der Waals surface area contributed by atoms with Gasteiger partial charge < -0.3 is 14.5 Å². The lowest BCUT2D eigenvalue weighted by atomic mass is 10.1. The van der Waals surface area contributed by atoms with Gasteiger partial charge in [-0.2, -0.15) is 0 Å². The first-order valence-corrected chi connectivity index (χ1v) is 6.58. The number of methoxy groups -OCH3 is 1. The second-order valence-corrected chi connectivity index (χ2v) is 4.77. The molecule has 5 heteroatoms. The molecule has 1 N–H and O–H groups in total. The fourth-order valence-corrected chi connectivity index (χ4v) is 2.35. The van der Waals surface area contributed by atoms with Gasteiger partial charge in [0.25, 0.3) is 5.56 Å². The summed E-state index contributed by atoms with van der Waals surface area (Å²) in [5.41, 5.74) is 2.48. The van der Waals surface area contributed by atoms with E-state index in [1.807, 2.05) is 24.3 Å². The summed E-state index contributed by atoms with van der Waals surface area (Å²) < 4.78 is 10.5. The summed E-state index contributed by atoms with van der Waals surface area (Å²) in [6, 6.07) is 7.76. The van der Waals surface area contributed by atoms with Gasteiger partial charge >= 0.3 is 0 Å². The molecule has 1 aliphatic heterocycles. The summed E-state index contributed by atoms with van der Waals surface area (Å²) in [6.45, 7) is 0.985. The number of nitrogens with one attached hydrogen (secondary N) is 1. The van der Waals surface area contributed by atoms with Crippen LogP contribution in [0.3, 0.4) is 0 Å². The SMILES string of the molecule is COc1cccc(Cc2nc3c(c(=O)[nH]2)COCC3)c1. The summed E-state index contributed by atoms with van der Waals surface area (Å²) in [5.74, 6) is 1.49. The van der Waals surface area contributed by atoms with Crippen LogP contribution in [0.25, 0.3) is 0 Å². The number of ether oxygens (including phenoxy) is 2. The van der Waals surface area contributed by atoms with Crippen LogP contribution in [0.1, 0.15) is 22.6 Å². The summed E-state index contributed by atoms with van der Waals surface area (Å²) in [7, 11) is 1.64. The highest BCUT2D eigenvalue weighted by atomic mass is 16.5. The number of fused-ring (bicyclic) bond motifs is 1. The lowest BCUT2D eigenvalue weighted by molar-refractivity contribution is 0.108. The number of aromatic nitrogens is 2. The Labute approximate surface area is 116 Å². The van der Waals surface area contributed by atoms with Crippen molar-refractivity contribution in [1.29, 1.82) is 0 Å². The minimum Gasteiger partial charge on any atom is -0.497 e. The van der Waals surface area contributed by atoms with Crippen molar-refractivity contribution in [3.8, 4) is 5.75 Å². The third-order valence-electron chi connectivity index (χ3n) is 3.39. The van der Waals surface area contributed by atoms with Gasteiger partial charge in [0.15, 0.2) is 0 Å². The highest BCUT2D eigenvalue weighted by molar-refractivity contribution is 5.30. The summed E-state index contributed by atoms with van der Waals surface area (Å²) in [5, 5.41) is 0. The number of nitrogens with zero attached hydrogens (tertiary/aromatic N) is 1. The topological polar surface area (TPSA) is 64.2 Å². The second-order valence-electron chi connectivity index (χ2n) is 4.77. The molecule has 104 valence electrons. The highest BCUT2D eigenvalue weighted by Gasteiger charge is 2.16. The van der Waals surface area contributed by atoms with Crippen molar-refractivity contribution in [2.24, 2.45) is 0 Å². The fourth-order valence-electron chi connectivity index (χ4n) is 2.35. The minimum atomic E-state index is -0.0902. The first-order valence-electron chi connectivity index (χ1n) is 6.58. The van der Waals surface area contributed by atoms with Gasteiger partial charge in [0.05, 0.1) is 31.6 Å². The van der Waals surface area contributed by atoms with Gasteiger partial charge in [-0.15, -0.1) is 0 Å². The van der Waals surface area contributed by atoms with Gasteiger partial charge in [0.1, 0.15) is 11.6 Å². The van der Waals surface area contributed by atoms with Crippen LogP contribution < -0.4 is 10.3 Å². The molecule has 20 heavy (non-hydrogen) atoms. The summed E-state index contributed by atoms with van der Waals surface area (Å²) in [6.07, 6.45) is 1.28. The molecule has 3 rings (SSSR count). The maximum absolute atomic E-state index is 12.0. The number of aromatic amines is 1. The Hall–Kier alpha value is -2.14. The third-order valence-corrected chi connectivity index (χ3v) is 3.39. The van der Waals surface area contributed by atoms with Crippen LogP contribution in [0.5, 0.6) is 5.75 Å². The van der Waals surface area contributed by atoms with E-state index >= 15 is 0 Å². The third kappa shape index (κ3) is 2.58. The molecule has 0 atom stereocenters. The Bertz CT molecular complexity index is 679. The van der Waals surface area contributed by atoms with Crippen LogP contribution in [0.15, 0.2) is 29.1 Å². The van der Waals surface area contributed by atoms with Crippen LogP contribution in [-0.2, 0) is 24.2 Å². The number of H-pyrrole nitrogens is 1. The van der Waals surface area contributed by atoms with E-state index in [1.54, 1.807) is 7.11 Å². The van der Waals surface area contributed by atoms with Gasteiger partial charge in [-0.1, -0.05) is 12.1 Å². The fraction of sp³-hybridized carbons (Fsp3) is 0.333. The van der Waals surface area contributed by atoms with E-state index in [2.05, 4.69) is 9.97 Å². The van der Waals surface area contributed by atoms with Crippen LogP contribution >= 0.6 is 0 Å². The monoisotopic (exact) mass is 272 g/mol. The predicted molar refractivity (Wildman–Crippen MR) is 74.0 cm³/mol. The Morgan fingerprint density at radius 1 is 1.45 bits per heavy atom. The van der Waals surface area contributed by atoms with Crippen molar-refractivity contribution >= 4 is 0 Å². The van der Waals surface area contributed by atoms with E-state index in [0.29, 0.717) is 37.4 Å². The number of rotatable bonds is 3. The molecule has 0 amide bonds. The Morgan fingerprint density at radius 2 is 2.35 bits per heavy atom. The van der Waals surface area contributed by atoms with Crippen molar-refractivity contribution in [1.82, 2.24) is 9.97 Å². The molecule has 2 heterocycles. The van der Waals surface area contributed by atoms with Crippen LogP contribution in [-0.4, -0.2) is 23.7 Å². The molecule has 0 spiro atoms. The standard InChI is InChI=1S/C15H16N2O3/c1-19-11-4-2-3-10(7-11)8-14-16-13-5-6-20-9-12(13)15(18)17-14/h2-4,7H,5-6,8-9H2,1H3,(H,16,17,18). The van der Waals surface area contributed by atoms with Crippen molar-refractivity contribution in [2.45, 2.75) is 19.4 Å². The molecule has 0 bridgehead atoms. The first-order chi connectivity index (χ1) is 9.76. The molecule has 2 aromatic rings. The molecule has 0 fully saturated rings. The van der Waals surface area contributed by atoms with Gasteiger partial charge in [-0.25, -0.2) is 4.98 Å². The van der Waals surface area contributed by atoms with E-state index in [1.165, 1.54) is 0 Å². The van der Waals surface area contributed by atoms with Crippen molar-refractivity contribution in [3.05, 3.63) is 57.3 Å². The maximum atomic E-state index is 12.0. The van der Waals surface area contributed by atoms with Crippen LogP contribution in [0.4, 0.5) is 0 Å². The Morgan fingerprint density at radius 3 is 3.20 bits per heavy atom. The second kappa shape index (κ2) is 5.46. The van der Waals surface area contributed by atoms with E-state index in [-0.39, 0.29) is 5.56 Å². The quantitative estimate of drug-likeness (QED) is 0.918. The van der Waals surface area contributed by atoms with Crippen molar-refractivity contribution < 1.29 is 9.47 Å². The van der Waals surface area contributed by atoms with Crippen LogP contribution in [0, 0.1) is 0 Å². The van der Waals surface area contributed by atoms with E-state index < -0.39 is 0 Å². The average molecular weight is 272 g/mol. The summed E-state index contributed by atoms with van der Waals surface area (Å²) >= 11 is 0. The zero-order valence-corrected chi connectivity index (χ0v) is 11.3. The zero-order chi connectivity index (χ0) is 13.9. The smallest absolute Gasteiger partial charge is 0.256 e. The minimum absolute atomic E-state index is 0.0902. The zero-order valence-electron chi connectivity index (χ0n) is 11.3. The van der Waals surface area contributed by atoms with E-state index in [9.17, 15) is 4.79 Å². The average Bonchev–Trinajstić information content (AvgIpc) is 2.47. The maximum Gasteiger partial charge on any atom is 0.256 e. The highest BCUT2D eigenvalue weighted by Crippen LogP contribution is 2.16. The van der Waals surface area contributed by atoms with Gasteiger partial charge in [-0.3, -0.25) is 4.79 Å². The molecule has 0 saturated carbocycles. The lowest BCUT2D eigenvalue weighted by Gasteiger charge is -2.15. The molecule has 5 nitrogen and oxygen atoms in total. The van der Waals surface area contributed by atoms with Crippen molar-refractivity contribution in [2.75, 3.05) is 13.7 Å². The lowest BCUT2D eigenvalue weighted by Crippen LogP contribution is -2.25. The predicted octanol–water partition coefficient (Wildman–Crippen LogP) is 1.44. The molecule has 0 saturated heterocycles. The van der Waals surface area contributed by atoms with E-state index in [4.69, 9.17) is 9.47 Å². The van der Waals surface area contributed by atoms with Gasteiger partial charge in [0, 0.05) is 12.8 Å². The molecule has 0 aliphatic carbocycles. The van der Waals surface area contributed by atoms with Gasteiger partial charge in [-0.05, 0) is 17.7 Å². The molecule has 0 radical (unpaired) electrons. The Kier molecular flexibility index (Phi) is 3.52. The van der Waals surface area contributed by atoms with Crippen LogP contribution in [0.2, 0.25) is 0 Å². The number of benzene rings is 1. The number of hydrogen-bond acceptors (Lipinski definition) is 4. The molecular weight excluding hydrogens is 256 g/mol. The Balaban J connectivity index is 1.91. The normalized spacial score (nSPS) is 13.8. The molecular formula is C15H16N2O3. The molecule has 1 aliphatic rings. The number of hydrogen-bond donors (Lipinski definition) is 1. The first kappa shape index (κ1) is 12.9. The summed E-state index contributed by atoms with van der Waals surface area (Å²) in [4.78, 5) is 19.4. The van der Waals surface area contributed by atoms with Gasteiger partial charge in [0.2, 0.25) is 0 Å². The molecule has 0 unspecified atom stereocenters. The molecule has 1 aromatic carbocycles. The largest absolute Gasteiger partial charge is 0.497 e. The van der Waals surface area contributed by atoms with E-state index in [0.717, 1.165) is 17.0 Å². The van der Waals surface area contributed by atoms with Crippen molar-refractivity contribution in [3.63, 3.8) is 0 Å².